The molecule has 0 spiro atoms. The molecule has 0 unspecified atom stereocenters. The van der Waals surface area contributed by atoms with E-state index in [2.05, 4.69) is 15.5 Å². The minimum atomic E-state index is 0.674. The van der Waals surface area contributed by atoms with E-state index < -0.39 is 0 Å². The van der Waals surface area contributed by atoms with Crippen molar-refractivity contribution in [3.8, 4) is 11.5 Å². The van der Waals surface area contributed by atoms with E-state index in [1.807, 2.05) is 61.5 Å². The summed E-state index contributed by atoms with van der Waals surface area (Å²) >= 11 is 0. The highest BCUT2D eigenvalue weighted by atomic mass is 16.5. The summed E-state index contributed by atoms with van der Waals surface area (Å²) in [5, 5.41) is 5.51. The summed E-state index contributed by atoms with van der Waals surface area (Å²) < 4.78 is 10.6. The van der Waals surface area contributed by atoms with Gasteiger partial charge in [-0.15, -0.1) is 0 Å². The molecule has 0 amide bonds. The van der Waals surface area contributed by atoms with Gasteiger partial charge in [0.15, 0.2) is 11.5 Å². The lowest BCUT2D eigenvalue weighted by atomic mass is 10.1. The fourth-order valence-electron chi connectivity index (χ4n) is 2.40. The second-order valence-corrected chi connectivity index (χ2v) is 5.27. The molecule has 3 rings (SSSR count). The number of aromatic nitrogens is 1. The Balaban J connectivity index is 1.82. The summed E-state index contributed by atoms with van der Waals surface area (Å²) in [6.45, 7) is 1.93. The molecular weight excluding hydrogens is 302 g/mol. The van der Waals surface area contributed by atoms with Crippen molar-refractivity contribution in [3.63, 3.8) is 0 Å². The molecular formula is C19H19N3O2. The number of pyridine rings is 1. The van der Waals surface area contributed by atoms with Crippen LogP contribution in [-0.2, 0) is 0 Å². The van der Waals surface area contributed by atoms with Gasteiger partial charge >= 0.3 is 0 Å². The molecule has 1 aromatic heterocycles. The number of nitrogens with one attached hydrogen (secondary N) is 1. The van der Waals surface area contributed by atoms with Gasteiger partial charge in [-0.2, -0.15) is 5.10 Å². The standard InChI is InChI=1S/C19H19N3O2/c1-13(15-8-10-17(23-2)18(12-15)24-3)21-22-19-11-9-14-6-4-5-7-16(14)20-19/h4-12H,1-3H3,(H,20,22)/b21-13+. The first-order chi connectivity index (χ1) is 11.7. The highest BCUT2D eigenvalue weighted by Gasteiger charge is 2.06. The third-order valence-electron chi connectivity index (χ3n) is 3.74. The molecule has 1 heterocycles. The predicted molar refractivity (Wildman–Crippen MR) is 97.1 cm³/mol. The monoisotopic (exact) mass is 321 g/mol. The fourth-order valence-corrected chi connectivity index (χ4v) is 2.40. The van der Waals surface area contributed by atoms with Crippen LogP contribution in [0.2, 0.25) is 0 Å². The Morgan fingerprint density at radius 2 is 1.75 bits per heavy atom. The Morgan fingerprint density at radius 1 is 0.958 bits per heavy atom. The molecule has 1 N–H and O–H groups in total. The SMILES string of the molecule is COc1ccc(/C(C)=N/Nc2ccc3ccccc3n2)cc1OC. The van der Waals surface area contributed by atoms with Gasteiger partial charge in [-0.25, -0.2) is 4.98 Å². The molecule has 5 heteroatoms. The van der Waals surface area contributed by atoms with Crippen LogP contribution in [0.5, 0.6) is 11.5 Å². The average molecular weight is 321 g/mol. The van der Waals surface area contributed by atoms with Crippen LogP contribution < -0.4 is 14.9 Å². The van der Waals surface area contributed by atoms with Crippen LogP contribution in [0, 0.1) is 0 Å². The van der Waals surface area contributed by atoms with Crippen molar-refractivity contribution in [3.05, 3.63) is 60.2 Å². The van der Waals surface area contributed by atoms with Crippen molar-refractivity contribution in [1.82, 2.24) is 4.98 Å². The van der Waals surface area contributed by atoms with Crippen LogP contribution in [0.3, 0.4) is 0 Å². The highest BCUT2D eigenvalue weighted by Crippen LogP contribution is 2.27. The van der Waals surface area contributed by atoms with Gasteiger partial charge in [-0.3, -0.25) is 5.43 Å². The van der Waals surface area contributed by atoms with Crippen molar-refractivity contribution in [1.29, 1.82) is 0 Å². The van der Waals surface area contributed by atoms with E-state index >= 15 is 0 Å². The zero-order valence-corrected chi connectivity index (χ0v) is 13.9. The van der Waals surface area contributed by atoms with Gasteiger partial charge < -0.3 is 9.47 Å². The van der Waals surface area contributed by atoms with E-state index in [9.17, 15) is 0 Å². The maximum atomic E-state index is 5.33. The molecule has 0 aliphatic heterocycles. The second kappa shape index (κ2) is 7.00. The number of nitrogens with zero attached hydrogens (tertiary/aromatic N) is 2. The van der Waals surface area contributed by atoms with Crippen molar-refractivity contribution >= 4 is 22.4 Å². The molecule has 0 saturated heterocycles. The van der Waals surface area contributed by atoms with Crippen molar-refractivity contribution in [2.75, 3.05) is 19.6 Å². The fraction of sp³-hybridized carbons (Fsp3) is 0.158. The van der Waals surface area contributed by atoms with Crippen LogP contribution in [0.1, 0.15) is 12.5 Å². The predicted octanol–water partition coefficient (Wildman–Crippen LogP) is 4.09. The van der Waals surface area contributed by atoms with Crippen LogP contribution in [0.4, 0.5) is 5.82 Å². The van der Waals surface area contributed by atoms with Crippen LogP contribution in [0.25, 0.3) is 10.9 Å². The molecule has 0 fully saturated rings. The van der Waals surface area contributed by atoms with Crippen LogP contribution in [0.15, 0.2) is 59.7 Å². The summed E-state index contributed by atoms with van der Waals surface area (Å²) in [7, 11) is 3.23. The number of fused-ring (bicyclic) bond motifs is 1. The van der Waals surface area contributed by atoms with Gasteiger partial charge in [0.2, 0.25) is 0 Å². The maximum absolute atomic E-state index is 5.33. The van der Waals surface area contributed by atoms with E-state index in [1.54, 1.807) is 14.2 Å². The molecule has 0 aliphatic carbocycles. The molecule has 122 valence electrons. The van der Waals surface area contributed by atoms with Crippen LogP contribution >= 0.6 is 0 Å². The van der Waals surface area contributed by atoms with Gasteiger partial charge in [-0.05, 0) is 43.3 Å². The van der Waals surface area contributed by atoms with E-state index in [1.165, 1.54) is 0 Å². The van der Waals surface area contributed by atoms with Gasteiger partial charge in [0.1, 0.15) is 5.82 Å². The summed E-state index contributed by atoms with van der Waals surface area (Å²) in [5.74, 6) is 2.07. The van der Waals surface area contributed by atoms with Crippen molar-refractivity contribution in [2.45, 2.75) is 6.92 Å². The normalized spacial score (nSPS) is 11.4. The zero-order chi connectivity index (χ0) is 16.9. The van der Waals surface area contributed by atoms with Gasteiger partial charge in [0, 0.05) is 10.9 Å². The number of para-hydroxylation sites is 1. The number of ether oxygens (including phenoxy) is 2. The molecule has 0 atom stereocenters. The lowest BCUT2D eigenvalue weighted by molar-refractivity contribution is 0.355. The first kappa shape index (κ1) is 15.8. The quantitative estimate of drug-likeness (QED) is 0.568. The molecule has 5 nitrogen and oxygen atoms in total. The molecule has 24 heavy (non-hydrogen) atoms. The number of methoxy groups -OCH3 is 2. The van der Waals surface area contributed by atoms with Crippen LogP contribution in [-0.4, -0.2) is 24.9 Å². The molecule has 0 saturated carbocycles. The minimum absolute atomic E-state index is 0.674. The lowest BCUT2D eigenvalue weighted by Crippen LogP contribution is -2.02. The third kappa shape index (κ3) is 3.30. The van der Waals surface area contributed by atoms with E-state index in [-0.39, 0.29) is 0 Å². The topological polar surface area (TPSA) is 55.7 Å². The summed E-state index contributed by atoms with van der Waals surface area (Å²) in [5.41, 5.74) is 5.71. The van der Waals surface area contributed by atoms with E-state index in [4.69, 9.17) is 9.47 Å². The van der Waals surface area contributed by atoms with Gasteiger partial charge in [-0.1, -0.05) is 18.2 Å². The largest absolute Gasteiger partial charge is 0.493 e. The Bertz CT molecular complexity index is 891. The first-order valence-corrected chi connectivity index (χ1v) is 7.60. The van der Waals surface area contributed by atoms with Crippen molar-refractivity contribution in [2.24, 2.45) is 5.10 Å². The van der Waals surface area contributed by atoms with Crippen molar-refractivity contribution < 1.29 is 9.47 Å². The molecule has 0 radical (unpaired) electrons. The third-order valence-corrected chi connectivity index (χ3v) is 3.74. The Hall–Kier alpha value is -3.08. The number of hydrogen-bond acceptors (Lipinski definition) is 5. The molecule has 0 bridgehead atoms. The second-order valence-electron chi connectivity index (χ2n) is 5.27. The number of anilines is 1. The number of hydrogen-bond donors (Lipinski definition) is 1. The Kier molecular flexibility index (Phi) is 4.61. The number of hydrazone groups is 1. The molecule has 3 aromatic rings. The minimum Gasteiger partial charge on any atom is -0.493 e. The molecule has 2 aromatic carbocycles. The average Bonchev–Trinajstić information content (AvgIpc) is 2.65. The van der Waals surface area contributed by atoms with Gasteiger partial charge in [0.25, 0.3) is 0 Å². The summed E-state index contributed by atoms with van der Waals surface area (Å²) in [6.07, 6.45) is 0. The number of benzene rings is 2. The smallest absolute Gasteiger partial charge is 0.161 e. The lowest BCUT2D eigenvalue weighted by Gasteiger charge is -2.09. The number of rotatable bonds is 5. The highest BCUT2D eigenvalue weighted by molar-refractivity contribution is 5.99. The summed E-state index contributed by atoms with van der Waals surface area (Å²) in [6, 6.07) is 17.6. The van der Waals surface area contributed by atoms with E-state index in [0.29, 0.717) is 17.3 Å². The first-order valence-electron chi connectivity index (χ1n) is 7.60. The van der Waals surface area contributed by atoms with Gasteiger partial charge in [0.05, 0.1) is 25.4 Å². The summed E-state index contributed by atoms with van der Waals surface area (Å²) in [4.78, 5) is 4.54. The molecule has 0 aliphatic rings. The Labute approximate surface area is 140 Å². The Morgan fingerprint density at radius 3 is 2.54 bits per heavy atom. The maximum Gasteiger partial charge on any atom is 0.161 e. The zero-order valence-electron chi connectivity index (χ0n) is 13.9. The van der Waals surface area contributed by atoms with E-state index in [0.717, 1.165) is 22.2 Å².